The Morgan fingerprint density at radius 3 is 2.23 bits per heavy atom. The Morgan fingerprint density at radius 1 is 1.09 bits per heavy atom. The fraction of sp³-hybridized carbons (Fsp3) is 0.467. The maximum Gasteiger partial charge on any atom is 0.417 e. The Balaban J connectivity index is 2.31. The minimum absolute atomic E-state index is 0.224. The molecule has 1 aliphatic carbocycles. The number of benzene rings is 1. The van der Waals surface area contributed by atoms with Crippen LogP contribution in [0.2, 0.25) is 0 Å². The third-order valence-corrected chi connectivity index (χ3v) is 3.95. The fourth-order valence-electron chi connectivity index (χ4n) is 2.76. The van der Waals surface area contributed by atoms with E-state index < -0.39 is 34.7 Å². The molecule has 0 radical (unpaired) electrons. The van der Waals surface area contributed by atoms with E-state index in [1.165, 1.54) is 12.1 Å². The normalized spacial score (nSPS) is 17.8. The Labute approximate surface area is 125 Å². The molecule has 120 valence electrons. The van der Waals surface area contributed by atoms with Gasteiger partial charge in [-0.15, -0.1) is 0 Å². The van der Waals surface area contributed by atoms with Gasteiger partial charge < -0.3 is 10.4 Å². The zero-order valence-electron chi connectivity index (χ0n) is 11.7. The van der Waals surface area contributed by atoms with Crippen molar-refractivity contribution >= 4 is 11.9 Å². The van der Waals surface area contributed by atoms with E-state index in [1.54, 1.807) is 0 Å². The van der Waals surface area contributed by atoms with Crippen LogP contribution in [-0.2, 0) is 11.0 Å². The van der Waals surface area contributed by atoms with E-state index in [-0.39, 0.29) is 12.8 Å². The largest absolute Gasteiger partial charge is 0.480 e. The number of carbonyl (C=O) groups is 2. The summed E-state index contributed by atoms with van der Waals surface area (Å²) >= 11 is 0. The minimum atomic E-state index is -4.67. The first kappa shape index (κ1) is 16.3. The number of carboxylic acids is 1. The van der Waals surface area contributed by atoms with E-state index in [4.69, 9.17) is 0 Å². The molecule has 0 spiro atoms. The first-order valence-corrected chi connectivity index (χ1v) is 6.98. The summed E-state index contributed by atoms with van der Waals surface area (Å²) in [5.41, 5.74) is -3.10. The molecule has 4 nitrogen and oxygen atoms in total. The number of alkyl halides is 3. The minimum Gasteiger partial charge on any atom is -0.480 e. The lowest BCUT2D eigenvalue weighted by Gasteiger charge is -2.34. The van der Waals surface area contributed by atoms with Crippen molar-refractivity contribution in [2.24, 2.45) is 0 Å². The highest BCUT2D eigenvalue weighted by atomic mass is 19.4. The van der Waals surface area contributed by atoms with Gasteiger partial charge in [0.2, 0.25) is 0 Å². The van der Waals surface area contributed by atoms with E-state index >= 15 is 0 Å². The van der Waals surface area contributed by atoms with Crippen LogP contribution in [0.4, 0.5) is 13.2 Å². The van der Waals surface area contributed by atoms with E-state index in [0.29, 0.717) is 12.8 Å². The molecule has 1 fully saturated rings. The van der Waals surface area contributed by atoms with E-state index in [1.807, 2.05) is 0 Å². The number of amides is 1. The summed E-state index contributed by atoms with van der Waals surface area (Å²) in [6.07, 6.45) is -2.13. The summed E-state index contributed by atoms with van der Waals surface area (Å²) in [5.74, 6) is -2.21. The number of carbonyl (C=O) groups excluding carboxylic acids is 1. The SMILES string of the molecule is O=C(NC1(C(=O)O)CCCCC1)c1ccccc1C(F)(F)F. The second-order valence-corrected chi connectivity index (χ2v) is 5.45. The van der Waals surface area contributed by atoms with Gasteiger partial charge in [-0.25, -0.2) is 4.79 Å². The van der Waals surface area contributed by atoms with Gasteiger partial charge in [0.25, 0.3) is 5.91 Å². The zero-order chi connectivity index (χ0) is 16.4. The lowest BCUT2D eigenvalue weighted by Crippen LogP contribution is -2.55. The third-order valence-electron chi connectivity index (χ3n) is 3.95. The number of halogens is 3. The van der Waals surface area contributed by atoms with Crippen molar-refractivity contribution in [3.63, 3.8) is 0 Å². The summed E-state index contributed by atoms with van der Waals surface area (Å²) in [6.45, 7) is 0. The van der Waals surface area contributed by atoms with Crippen LogP contribution < -0.4 is 5.32 Å². The molecule has 0 bridgehead atoms. The van der Waals surface area contributed by atoms with Gasteiger partial charge in [-0.3, -0.25) is 4.79 Å². The molecule has 22 heavy (non-hydrogen) atoms. The molecule has 1 aromatic rings. The number of aliphatic carboxylic acids is 1. The van der Waals surface area contributed by atoms with Gasteiger partial charge in [0.05, 0.1) is 11.1 Å². The van der Waals surface area contributed by atoms with Gasteiger partial charge in [0.1, 0.15) is 5.54 Å². The van der Waals surface area contributed by atoms with Crippen LogP contribution in [0.25, 0.3) is 0 Å². The highest BCUT2D eigenvalue weighted by Gasteiger charge is 2.42. The topological polar surface area (TPSA) is 66.4 Å². The first-order valence-electron chi connectivity index (χ1n) is 6.98. The van der Waals surface area contributed by atoms with Gasteiger partial charge in [-0.1, -0.05) is 31.4 Å². The van der Waals surface area contributed by atoms with Gasteiger partial charge in [-0.2, -0.15) is 13.2 Å². The Hall–Kier alpha value is -2.05. The first-order chi connectivity index (χ1) is 10.3. The Kier molecular flexibility index (Phi) is 4.44. The predicted molar refractivity (Wildman–Crippen MR) is 72.4 cm³/mol. The van der Waals surface area contributed by atoms with Crippen molar-refractivity contribution in [3.05, 3.63) is 35.4 Å². The summed E-state index contributed by atoms with van der Waals surface area (Å²) < 4.78 is 38.8. The number of hydrogen-bond acceptors (Lipinski definition) is 2. The standard InChI is InChI=1S/C15H16F3NO3/c16-15(17,18)11-7-3-2-6-10(11)12(20)19-14(13(21)22)8-4-1-5-9-14/h2-3,6-7H,1,4-5,8-9H2,(H,19,20)(H,21,22). The van der Waals surface area contributed by atoms with E-state index in [2.05, 4.69) is 5.32 Å². The molecule has 0 atom stereocenters. The van der Waals surface area contributed by atoms with Crippen molar-refractivity contribution in [1.82, 2.24) is 5.32 Å². The molecule has 2 N–H and O–H groups in total. The maximum atomic E-state index is 12.9. The number of hydrogen-bond donors (Lipinski definition) is 2. The quantitative estimate of drug-likeness (QED) is 0.900. The number of nitrogens with one attached hydrogen (secondary N) is 1. The van der Waals surface area contributed by atoms with Gasteiger partial charge in [0.15, 0.2) is 0 Å². The lowest BCUT2D eigenvalue weighted by atomic mass is 9.81. The average Bonchev–Trinajstić information content (AvgIpc) is 2.47. The predicted octanol–water partition coefficient (Wildman–Crippen LogP) is 3.22. The molecule has 0 aliphatic heterocycles. The molecule has 2 rings (SSSR count). The van der Waals surface area contributed by atoms with Crippen molar-refractivity contribution < 1.29 is 27.9 Å². The Morgan fingerprint density at radius 2 is 1.68 bits per heavy atom. The van der Waals surface area contributed by atoms with Crippen LogP contribution in [0, 0.1) is 0 Å². The molecule has 0 saturated heterocycles. The summed E-state index contributed by atoms with van der Waals surface area (Å²) in [4.78, 5) is 23.7. The number of carboxylic acid groups (broad SMARTS) is 1. The van der Waals surface area contributed by atoms with Crippen LogP contribution in [0.5, 0.6) is 0 Å². The maximum absolute atomic E-state index is 12.9. The molecule has 0 aromatic heterocycles. The monoisotopic (exact) mass is 315 g/mol. The van der Waals surface area contributed by atoms with Crippen LogP contribution in [0.1, 0.15) is 48.0 Å². The highest BCUT2D eigenvalue weighted by molar-refractivity contribution is 5.99. The highest BCUT2D eigenvalue weighted by Crippen LogP contribution is 2.33. The molecule has 0 heterocycles. The van der Waals surface area contributed by atoms with Crippen molar-refractivity contribution in [2.75, 3.05) is 0 Å². The third kappa shape index (κ3) is 3.23. The second-order valence-electron chi connectivity index (χ2n) is 5.45. The van der Waals surface area contributed by atoms with Crippen molar-refractivity contribution in [1.29, 1.82) is 0 Å². The van der Waals surface area contributed by atoms with E-state index in [0.717, 1.165) is 18.6 Å². The van der Waals surface area contributed by atoms with Crippen molar-refractivity contribution in [2.45, 2.75) is 43.8 Å². The summed E-state index contributed by atoms with van der Waals surface area (Å²) in [6, 6.07) is 4.37. The molecule has 1 aliphatic rings. The zero-order valence-corrected chi connectivity index (χ0v) is 11.7. The average molecular weight is 315 g/mol. The second kappa shape index (κ2) is 5.98. The molecule has 0 unspecified atom stereocenters. The summed E-state index contributed by atoms with van der Waals surface area (Å²) in [5, 5.41) is 11.7. The molecule has 7 heteroatoms. The summed E-state index contributed by atoms with van der Waals surface area (Å²) in [7, 11) is 0. The van der Waals surface area contributed by atoms with E-state index in [9.17, 15) is 27.9 Å². The van der Waals surface area contributed by atoms with Gasteiger partial charge in [-0.05, 0) is 25.0 Å². The molecule has 1 amide bonds. The van der Waals surface area contributed by atoms with Crippen LogP contribution in [-0.4, -0.2) is 22.5 Å². The molecule has 1 aromatic carbocycles. The Bertz CT molecular complexity index is 578. The smallest absolute Gasteiger partial charge is 0.417 e. The lowest BCUT2D eigenvalue weighted by molar-refractivity contribution is -0.145. The molecular formula is C15H16F3NO3. The fourth-order valence-corrected chi connectivity index (χ4v) is 2.76. The molecular weight excluding hydrogens is 299 g/mol. The van der Waals surface area contributed by atoms with Gasteiger partial charge in [0, 0.05) is 0 Å². The molecule has 1 saturated carbocycles. The van der Waals surface area contributed by atoms with Crippen molar-refractivity contribution in [3.8, 4) is 0 Å². The number of rotatable bonds is 3. The van der Waals surface area contributed by atoms with Crippen LogP contribution >= 0.6 is 0 Å². The van der Waals surface area contributed by atoms with Gasteiger partial charge >= 0.3 is 12.1 Å². The van der Waals surface area contributed by atoms with Crippen LogP contribution in [0.15, 0.2) is 24.3 Å². The van der Waals surface area contributed by atoms with Crippen LogP contribution in [0.3, 0.4) is 0 Å².